The fourth-order valence-electron chi connectivity index (χ4n) is 3.26. The summed E-state index contributed by atoms with van der Waals surface area (Å²) in [6, 6.07) is 0. The number of piperazine rings is 1. The summed E-state index contributed by atoms with van der Waals surface area (Å²) in [5.74, 6) is -2.15. The summed E-state index contributed by atoms with van der Waals surface area (Å²) in [5, 5.41) is 56.2. The summed E-state index contributed by atoms with van der Waals surface area (Å²) in [6.07, 6.45) is -7.92. The Kier molecular flexibility index (Phi) is 5.92. The number of likely N-dealkylation sites (N-methyl/N-ethyl adjacent to an activating group) is 1. The van der Waals surface area contributed by atoms with E-state index in [0.717, 1.165) is 0 Å². The molecule has 0 unspecified atom stereocenters. The number of aliphatic hydroxyl groups is 4. The molecule has 0 aliphatic carbocycles. The minimum Gasteiger partial charge on any atom is -0.476 e. The summed E-state index contributed by atoms with van der Waals surface area (Å²) in [7, 11) is 1.90. The van der Waals surface area contributed by atoms with Crippen molar-refractivity contribution in [1.82, 2.24) is 24.8 Å². The molecule has 1 aromatic heterocycles. The number of hydrogen-bond acceptors (Lipinski definition) is 10. The van der Waals surface area contributed by atoms with Crippen molar-refractivity contribution in [3.05, 3.63) is 11.4 Å². The van der Waals surface area contributed by atoms with Gasteiger partial charge in [0, 0.05) is 26.2 Å². The average Bonchev–Trinajstić information content (AvgIpc) is 3.11. The second-order valence-electron chi connectivity index (χ2n) is 6.85. The minimum absolute atomic E-state index is 0.390. The van der Waals surface area contributed by atoms with Crippen LogP contribution in [0.1, 0.15) is 27.2 Å². The molecule has 2 saturated heterocycles. The highest BCUT2D eigenvalue weighted by Crippen LogP contribution is 2.29. The Balaban J connectivity index is 1.92. The number of aromatic carboxylic acids is 1. The maximum absolute atomic E-state index is 12.7. The number of aliphatic hydroxyl groups excluding tert-OH is 4. The molecule has 0 bridgehead atoms. The molecule has 1 amide bonds. The Morgan fingerprint density at radius 3 is 2.32 bits per heavy atom. The smallest absolute Gasteiger partial charge is 0.356 e. The fourth-order valence-corrected chi connectivity index (χ4v) is 3.26. The van der Waals surface area contributed by atoms with Crippen LogP contribution in [-0.2, 0) is 4.74 Å². The first kappa shape index (κ1) is 20.6. The highest BCUT2D eigenvalue weighted by atomic mass is 16.6. The van der Waals surface area contributed by atoms with Crippen molar-refractivity contribution in [3.8, 4) is 0 Å². The van der Waals surface area contributed by atoms with Crippen LogP contribution in [-0.4, -0.2) is 126 Å². The van der Waals surface area contributed by atoms with Gasteiger partial charge in [-0.05, 0) is 7.05 Å². The Bertz CT molecular complexity index is 732. The predicted molar refractivity (Wildman–Crippen MR) is 89.4 cm³/mol. The Labute approximate surface area is 159 Å². The summed E-state index contributed by atoms with van der Waals surface area (Å²) in [5.41, 5.74) is -1.04. The Hall–Kier alpha value is -2.16. The molecule has 156 valence electrons. The molecule has 2 aliphatic rings. The van der Waals surface area contributed by atoms with Gasteiger partial charge in [0.25, 0.3) is 5.91 Å². The first-order valence-corrected chi connectivity index (χ1v) is 8.73. The van der Waals surface area contributed by atoms with Crippen LogP contribution in [0.25, 0.3) is 0 Å². The minimum atomic E-state index is -1.76. The predicted octanol–water partition coefficient (Wildman–Crippen LogP) is -3.66. The van der Waals surface area contributed by atoms with E-state index in [4.69, 9.17) is 4.74 Å². The zero-order valence-corrected chi connectivity index (χ0v) is 15.1. The lowest BCUT2D eigenvalue weighted by Gasteiger charge is -2.39. The normalized spacial score (nSPS) is 31.8. The maximum atomic E-state index is 12.7. The summed E-state index contributed by atoms with van der Waals surface area (Å²) in [6.45, 7) is 1.33. The van der Waals surface area contributed by atoms with Crippen molar-refractivity contribution < 1.29 is 39.9 Å². The van der Waals surface area contributed by atoms with E-state index in [1.807, 2.05) is 11.9 Å². The molecule has 0 aromatic carbocycles. The highest BCUT2D eigenvalue weighted by Gasteiger charge is 2.46. The topological polar surface area (TPSA) is 182 Å². The Morgan fingerprint density at radius 2 is 1.75 bits per heavy atom. The zero-order valence-electron chi connectivity index (χ0n) is 15.1. The van der Waals surface area contributed by atoms with Crippen molar-refractivity contribution in [2.75, 3.05) is 39.8 Å². The molecule has 13 heteroatoms. The van der Waals surface area contributed by atoms with Crippen LogP contribution in [0.3, 0.4) is 0 Å². The first-order valence-electron chi connectivity index (χ1n) is 8.73. The summed E-state index contributed by atoms with van der Waals surface area (Å²) in [4.78, 5) is 28.0. The number of rotatable bonds is 4. The molecule has 13 nitrogen and oxygen atoms in total. The van der Waals surface area contributed by atoms with Gasteiger partial charge in [0.2, 0.25) is 0 Å². The van der Waals surface area contributed by atoms with Gasteiger partial charge in [-0.15, -0.1) is 5.10 Å². The van der Waals surface area contributed by atoms with Crippen molar-refractivity contribution in [2.45, 2.75) is 30.6 Å². The molecule has 2 fully saturated rings. The van der Waals surface area contributed by atoms with Gasteiger partial charge < -0.3 is 40.1 Å². The lowest BCUT2D eigenvalue weighted by atomic mass is 9.98. The van der Waals surface area contributed by atoms with Gasteiger partial charge in [-0.3, -0.25) is 4.79 Å². The molecule has 0 spiro atoms. The monoisotopic (exact) mass is 401 g/mol. The number of carbonyl (C=O) groups excluding carboxylic acids is 1. The van der Waals surface area contributed by atoms with Gasteiger partial charge >= 0.3 is 5.97 Å². The molecule has 28 heavy (non-hydrogen) atoms. The third-order valence-electron chi connectivity index (χ3n) is 5.00. The van der Waals surface area contributed by atoms with Crippen LogP contribution in [0.15, 0.2) is 0 Å². The zero-order chi connectivity index (χ0) is 20.6. The number of carbonyl (C=O) groups is 2. The van der Waals surface area contributed by atoms with E-state index in [1.54, 1.807) is 0 Å². The summed E-state index contributed by atoms with van der Waals surface area (Å²) < 4.78 is 5.99. The number of aromatic nitrogens is 3. The van der Waals surface area contributed by atoms with Crippen LogP contribution in [0.5, 0.6) is 0 Å². The largest absolute Gasteiger partial charge is 0.476 e. The van der Waals surface area contributed by atoms with E-state index in [0.29, 0.717) is 30.9 Å². The SMILES string of the molecule is CN1CCN(C(=O)c2nnn([C@@H]3O[C@H](CO)[C@@H](O)[C@H](O)[C@H]3O)c2C(=O)O)CC1. The maximum Gasteiger partial charge on any atom is 0.356 e. The van der Waals surface area contributed by atoms with Gasteiger partial charge in [0.05, 0.1) is 6.61 Å². The Morgan fingerprint density at radius 1 is 1.11 bits per heavy atom. The van der Waals surface area contributed by atoms with Gasteiger partial charge in [0.15, 0.2) is 17.6 Å². The van der Waals surface area contributed by atoms with Crippen LogP contribution in [0.4, 0.5) is 0 Å². The molecular formula is C15H23N5O8. The second-order valence-corrected chi connectivity index (χ2v) is 6.85. The number of carboxylic acids is 1. The number of hydrogen-bond donors (Lipinski definition) is 5. The van der Waals surface area contributed by atoms with E-state index in [9.17, 15) is 35.1 Å². The standard InChI is InChI=1S/C15H23N5O8/c1-18-2-4-19(5-3-18)13(25)8-9(15(26)27)20(17-16-8)14-12(24)11(23)10(22)7(6-21)28-14/h7,10-12,14,21-24H,2-6H2,1H3,(H,26,27)/t7-,10-,11+,12-,14-/m1/s1. The molecule has 3 rings (SSSR count). The number of amides is 1. The average molecular weight is 401 g/mol. The third-order valence-corrected chi connectivity index (χ3v) is 5.00. The van der Waals surface area contributed by atoms with E-state index < -0.39 is 60.5 Å². The van der Waals surface area contributed by atoms with E-state index in [2.05, 4.69) is 10.3 Å². The molecule has 3 heterocycles. The first-order chi connectivity index (χ1) is 13.3. The molecule has 0 radical (unpaired) electrons. The third kappa shape index (κ3) is 3.59. The van der Waals surface area contributed by atoms with Crippen molar-refractivity contribution in [3.63, 3.8) is 0 Å². The van der Waals surface area contributed by atoms with Crippen molar-refractivity contribution in [1.29, 1.82) is 0 Å². The quantitative estimate of drug-likeness (QED) is 0.335. The lowest BCUT2D eigenvalue weighted by molar-refractivity contribution is -0.254. The van der Waals surface area contributed by atoms with Crippen LogP contribution >= 0.6 is 0 Å². The van der Waals surface area contributed by atoms with E-state index in [-0.39, 0.29) is 0 Å². The molecule has 2 aliphatic heterocycles. The fraction of sp³-hybridized carbons (Fsp3) is 0.733. The van der Waals surface area contributed by atoms with Crippen molar-refractivity contribution >= 4 is 11.9 Å². The number of nitrogens with zero attached hydrogens (tertiary/aromatic N) is 5. The van der Waals surface area contributed by atoms with Gasteiger partial charge in [0.1, 0.15) is 24.4 Å². The second kappa shape index (κ2) is 8.06. The lowest BCUT2D eigenvalue weighted by Crippen LogP contribution is -2.57. The highest BCUT2D eigenvalue weighted by molar-refractivity contribution is 6.02. The van der Waals surface area contributed by atoms with Crippen molar-refractivity contribution in [2.24, 2.45) is 0 Å². The number of ether oxygens (including phenoxy) is 1. The summed E-state index contributed by atoms with van der Waals surface area (Å²) >= 11 is 0. The van der Waals surface area contributed by atoms with Gasteiger partial charge in [-0.1, -0.05) is 5.21 Å². The van der Waals surface area contributed by atoms with E-state index in [1.165, 1.54) is 4.90 Å². The molecule has 1 aromatic rings. The van der Waals surface area contributed by atoms with E-state index >= 15 is 0 Å². The van der Waals surface area contributed by atoms with Crippen LogP contribution in [0, 0.1) is 0 Å². The molecular weight excluding hydrogens is 378 g/mol. The molecule has 0 saturated carbocycles. The molecule has 5 N–H and O–H groups in total. The number of carboxylic acid groups (broad SMARTS) is 1. The molecule has 5 atom stereocenters. The van der Waals surface area contributed by atoms with Crippen LogP contribution < -0.4 is 0 Å². The van der Waals surface area contributed by atoms with Gasteiger partial charge in [-0.2, -0.15) is 0 Å². The van der Waals surface area contributed by atoms with Crippen LogP contribution in [0.2, 0.25) is 0 Å². The van der Waals surface area contributed by atoms with Gasteiger partial charge in [-0.25, -0.2) is 9.48 Å².